The van der Waals surface area contributed by atoms with Crippen LogP contribution < -0.4 is 4.74 Å². The van der Waals surface area contributed by atoms with Gasteiger partial charge in [-0.3, -0.25) is 0 Å². The average molecular weight is 362 g/mol. The third kappa shape index (κ3) is 4.13. The first-order valence-corrected chi connectivity index (χ1v) is 8.64. The van der Waals surface area contributed by atoms with E-state index in [-0.39, 0.29) is 10.8 Å². The molecule has 0 bridgehead atoms. The van der Waals surface area contributed by atoms with Crippen LogP contribution in [0.2, 0.25) is 0 Å². The second-order valence-electron chi connectivity index (χ2n) is 5.66. The average Bonchev–Trinajstić information content (AvgIpc) is 2.38. The van der Waals surface area contributed by atoms with Crippen LogP contribution >= 0.6 is 15.9 Å². The molecule has 0 aliphatic carbocycles. The summed E-state index contributed by atoms with van der Waals surface area (Å²) in [5, 5.41) is 0. The summed E-state index contributed by atoms with van der Waals surface area (Å²) in [6.07, 6.45) is 0. The van der Waals surface area contributed by atoms with Gasteiger partial charge in [0.05, 0.1) is 17.6 Å². The molecular weight excluding hydrogens is 338 g/mol. The lowest BCUT2D eigenvalue weighted by Crippen LogP contribution is -2.44. The van der Waals surface area contributed by atoms with Gasteiger partial charge in [-0.15, -0.1) is 4.31 Å². The summed E-state index contributed by atoms with van der Waals surface area (Å²) in [6, 6.07) is 6.08. The van der Waals surface area contributed by atoms with Crippen molar-refractivity contribution in [2.45, 2.75) is 45.4 Å². The first-order valence-electron chi connectivity index (χ1n) is 6.74. The highest BCUT2D eigenvalue weighted by Crippen LogP contribution is 2.33. The third-order valence-corrected chi connectivity index (χ3v) is 5.81. The highest BCUT2D eigenvalue weighted by atomic mass is 79.9. The quantitative estimate of drug-likeness (QED) is 0.733. The van der Waals surface area contributed by atoms with Gasteiger partial charge in [0.1, 0.15) is 10.5 Å². The standard InChI is InChI=1S/C15H24BrNO2S/c1-7-17(20(18)15(3,4)5)11(2)12-8-9-14(19-6)13(16)10-12/h8-11H,7H2,1-6H3. The highest BCUT2D eigenvalue weighted by Gasteiger charge is 2.35. The lowest BCUT2D eigenvalue weighted by Gasteiger charge is -2.35. The van der Waals surface area contributed by atoms with Crippen LogP contribution in [-0.4, -0.2) is 27.3 Å². The first kappa shape index (κ1) is 17.8. The molecule has 0 aromatic heterocycles. The molecule has 5 heteroatoms. The van der Waals surface area contributed by atoms with E-state index in [1.165, 1.54) is 0 Å². The van der Waals surface area contributed by atoms with Crippen LogP contribution in [-0.2, 0) is 11.4 Å². The van der Waals surface area contributed by atoms with Gasteiger partial charge in [0.15, 0.2) is 0 Å². The molecule has 0 spiro atoms. The lowest BCUT2D eigenvalue weighted by molar-refractivity contribution is 0.344. The van der Waals surface area contributed by atoms with Crippen molar-refractivity contribution < 1.29 is 9.29 Å². The molecule has 0 heterocycles. The molecule has 114 valence electrons. The number of hydrogen-bond acceptors (Lipinski definition) is 3. The van der Waals surface area contributed by atoms with Crippen molar-refractivity contribution >= 4 is 27.3 Å². The zero-order valence-electron chi connectivity index (χ0n) is 13.1. The SMILES string of the molecule is CCN(C(C)c1ccc(OC)c(Br)c1)[S+]([O-])C(C)(C)C. The number of ether oxygens (including phenoxy) is 1. The number of hydrogen-bond donors (Lipinski definition) is 0. The van der Waals surface area contributed by atoms with E-state index in [1.807, 2.05) is 50.2 Å². The number of methoxy groups -OCH3 is 1. The van der Waals surface area contributed by atoms with Crippen LogP contribution in [0.4, 0.5) is 0 Å². The van der Waals surface area contributed by atoms with E-state index in [2.05, 4.69) is 22.9 Å². The van der Waals surface area contributed by atoms with Gasteiger partial charge < -0.3 is 9.29 Å². The van der Waals surface area contributed by atoms with E-state index in [9.17, 15) is 4.55 Å². The molecule has 0 aliphatic heterocycles. The van der Waals surface area contributed by atoms with Gasteiger partial charge in [0.2, 0.25) is 0 Å². The summed E-state index contributed by atoms with van der Waals surface area (Å²) in [7, 11) is 1.65. The molecule has 0 N–H and O–H groups in total. The summed E-state index contributed by atoms with van der Waals surface area (Å²) in [6.45, 7) is 10.9. The Kier molecular flexibility index (Phi) is 6.38. The van der Waals surface area contributed by atoms with Crippen molar-refractivity contribution in [3.8, 4) is 5.75 Å². The van der Waals surface area contributed by atoms with Crippen LogP contribution in [0.5, 0.6) is 5.75 Å². The molecule has 20 heavy (non-hydrogen) atoms. The van der Waals surface area contributed by atoms with Gasteiger partial charge in [-0.1, -0.05) is 6.07 Å². The Morgan fingerprint density at radius 3 is 2.40 bits per heavy atom. The highest BCUT2D eigenvalue weighted by molar-refractivity contribution is 9.10. The third-order valence-electron chi connectivity index (χ3n) is 3.14. The predicted octanol–water partition coefficient (Wildman–Crippen LogP) is 4.30. The van der Waals surface area contributed by atoms with Crippen molar-refractivity contribution in [3.05, 3.63) is 28.2 Å². The Bertz CT molecular complexity index is 448. The predicted molar refractivity (Wildman–Crippen MR) is 89.4 cm³/mol. The molecule has 3 nitrogen and oxygen atoms in total. The molecule has 0 radical (unpaired) electrons. The minimum atomic E-state index is -1.03. The minimum absolute atomic E-state index is 0.0854. The van der Waals surface area contributed by atoms with E-state index in [4.69, 9.17) is 4.74 Å². The summed E-state index contributed by atoms with van der Waals surface area (Å²) < 4.78 is 20.6. The number of nitrogens with zero attached hydrogens (tertiary/aromatic N) is 1. The summed E-state index contributed by atoms with van der Waals surface area (Å²) >= 11 is 2.47. The van der Waals surface area contributed by atoms with E-state index in [0.29, 0.717) is 0 Å². The maximum Gasteiger partial charge on any atom is 0.137 e. The minimum Gasteiger partial charge on any atom is -0.597 e. The van der Waals surface area contributed by atoms with Gasteiger partial charge in [0.25, 0.3) is 0 Å². The smallest absolute Gasteiger partial charge is 0.137 e. The monoisotopic (exact) mass is 361 g/mol. The summed E-state index contributed by atoms with van der Waals surface area (Å²) in [4.78, 5) is 0. The lowest BCUT2D eigenvalue weighted by atomic mass is 10.1. The fourth-order valence-electron chi connectivity index (χ4n) is 2.00. The molecule has 1 rings (SSSR count). The van der Waals surface area contributed by atoms with Crippen LogP contribution in [0.3, 0.4) is 0 Å². The van der Waals surface area contributed by atoms with Gasteiger partial charge in [-0.05, 0) is 68.2 Å². The molecule has 0 saturated carbocycles. The molecule has 0 aliphatic rings. The summed E-state index contributed by atoms with van der Waals surface area (Å²) in [5.41, 5.74) is 1.12. The molecule has 1 aromatic carbocycles. The van der Waals surface area contributed by atoms with E-state index in [1.54, 1.807) is 7.11 Å². The molecule has 2 unspecified atom stereocenters. The van der Waals surface area contributed by atoms with Crippen LogP contribution in [0, 0.1) is 0 Å². The Hall–Kier alpha value is -0.230. The molecule has 0 amide bonds. The van der Waals surface area contributed by atoms with E-state index in [0.717, 1.165) is 22.3 Å². The van der Waals surface area contributed by atoms with Gasteiger partial charge in [0, 0.05) is 17.9 Å². The van der Waals surface area contributed by atoms with Crippen molar-refractivity contribution in [2.75, 3.05) is 13.7 Å². The van der Waals surface area contributed by atoms with Crippen molar-refractivity contribution in [2.24, 2.45) is 0 Å². The number of rotatable bonds is 5. The molecule has 0 saturated heterocycles. The Labute approximate surface area is 134 Å². The van der Waals surface area contributed by atoms with Crippen molar-refractivity contribution in [1.82, 2.24) is 4.31 Å². The second-order valence-corrected chi connectivity index (χ2v) is 8.71. The number of benzene rings is 1. The topological polar surface area (TPSA) is 35.5 Å². The Balaban J connectivity index is 3.02. The van der Waals surface area contributed by atoms with Crippen LogP contribution in [0.25, 0.3) is 0 Å². The fourth-order valence-corrected chi connectivity index (χ4v) is 3.90. The van der Waals surface area contributed by atoms with Gasteiger partial charge in [-0.25, -0.2) is 0 Å². The molecular formula is C15H24BrNO2S. The number of halogens is 1. The van der Waals surface area contributed by atoms with Crippen molar-refractivity contribution in [1.29, 1.82) is 0 Å². The maximum absolute atomic E-state index is 12.6. The zero-order chi connectivity index (χ0) is 15.5. The summed E-state index contributed by atoms with van der Waals surface area (Å²) in [5.74, 6) is 0.806. The van der Waals surface area contributed by atoms with E-state index >= 15 is 0 Å². The van der Waals surface area contributed by atoms with E-state index < -0.39 is 11.4 Å². The van der Waals surface area contributed by atoms with Gasteiger partial charge >= 0.3 is 0 Å². The Morgan fingerprint density at radius 1 is 1.40 bits per heavy atom. The normalized spacial score (nSPS) is 15.2. The largest absolute Gasteiger partial charge is 0.597 e. The first-order chi connectivity index (χ1) is 9.22. The molecule has 0 fully saturated rings. The van der Waals surface area contributed by atoms with Crippen LogP contribution in [0.1, 0.15) is 46.2 Å². The zero-order valence-corrected chi connectivity index (χ0v) is 15.5. The van der Waals surface area contributed by atoms with Crippen LogP contribution in [0.15, 0.2) is 22.7 Å². The second kappa shape index (κ2) is 7.16. The molecule has 2 atom stereocenters. The fraction of sp³-hybridized carbons (Fsp3) is 0.600. The maximum atomic E-state index is 12.6. The van der Waals surface area contributed by atoms with Gasteiger partial charge in [-0.2, -0.15) is 0 Å². The Morgan fingerprint density at radius 2 is 2.00 bits per heavy atom. The molecule has 1 aromatic rings. The van der Waals surface area contributed by atoms with Crippen molar-refractivity contribution in [3.63, 3.8) is 0 Å².